The Morgan fingerprint density at radius 3 is 2.06 bits per heavy atom. The van der Waals surface area contributed by atoms with Crippen molar-refractivity contribution in [2.45, 2.75) is 60.2 Å². The van der Waals surface area contributed by atoms with Gasteiger partial charge in [0.15, 0.2) is 0 Å². The Morgan fingerprint density at radius 2 is 1.65 bits per heavy atom. The van der Waals surface area contributed by atoms with E-state index in [1.807, 2.05) is 20.8 Å². The van der Waals surface area contributed by atoms with Gasteiger partial charge in [0, 0.05) is 13.1 Å². The van der Waals surface area contributed by atoms with E-state index in [0.29, 0.717) is 19.1 Å². The topological polar surface area (TPSA) is 41.5 Å². The van der Waals surface area contributed by atoms with Crippen molar-refractivity contribution >= 4 is 0 Å². The van der Waals surface area contributed by atoms with Gasteiger partial charge in [0.1, 0.15) is 0 Å². The molecule has 0 fully saturated rings. The molecule has 0 radical (unpaired) electrons. The van der Waals surface area contributed by atoms with E-state index in [0.717, 1.165) is 6.54 Å². The number of aliphatic hydroxyl groups is 1. The lowest BCUT2D eigenvalue weighted by Crippen LogP contribution is -2.39. The molecule has 0 bridgehead atoms. The number of ether oxygens (including phenoxy) is 1. The minimum Gasteiger partial charge on any atom is -0.389 e. The van der Waals surface area contributed by atoms with E-state index in [2.05, 4.69) is 33.0 Å². The molecule has 0 aliphatic rings. The molecule has 2 N–H and O–H groups in total. The Kier molecular flexibility index (Phi) is 6.67. The molecule has 0 aromatic heterocycles. The fourth-order valence-corrected chi connectivity index (χ4v) is 1.17. The number of hydrogen-bond donors (Lipinski definition) is 2. The van der Waals surface area contributed by atoms with Crippen LogP contribution in [0.3, 0.4) is 0 Å². The molecule has 1 atom stereocenters. The third kappa shape index (κ3) is 8.58. The largest absolute Gasteiger partial charge is 0.389 e. The van der Waals surface area contributed by atoms with Crippen LogP contribution in [0.1, 0.15) is 48.5 Å². The number of rotatable bonds is 7. The maximum absolute atomic E-state index is 9.76. The van der Waals surface area contributed by atoms with Crippen LogP contribution in [-0.4, -0.2) is 36.5 Å². The van der Waals surface area contributed by atoms with Crippen molar-refractivity contribution in [3.8, 4) is 0 Å². The summed E-state index contributed by atoms with van der Waals surface area (Å²) in [4.78, 5) is 0. The zero-order chi connectivity index (χ0) is 13.7. The molecule has 3 nitrogen and oxygen atoms in total. The van der Waals surface area contributed by atoms with E-state index in [9.17, 15) is 5.11 Å². The van der Waals surface area contributed by atoms with Crippen LogP contribution in [-0.2, 0) is 4.74 Å². The molecular weight excluding hydrogens is 214 g/mol. The Hall–Kier alpha value is -0.120. The average Bonchev–Trinajstić information content (AvgIpc) is 2.13. The lowest BCUT2D eigenvalue weighted by atomic mass is 9.81. The summed E-state index contributed by atoms with van der Waals surface area (Å²) in [6, 6.07) is 0. The normalized spacial score (nSPS) is 15.4. The molecule has 0 heterocycles. The second-order valence-electron chi connectivity index (χ2n) is 6.85. The van der Waals surface area contributed by atoms with Crippen LogP contribution in [0.2, 0.25) is 0 Å². The lowest BCUT2D eigenvalue weighted by molar-refractivity contribution is -0.0483. The van der Waals surface area contributed by atoms with E-state index in [4.69, 9.17) is 4.74 Å². The van der Waals surface area contributed by atoms with Crippen LogP contribution in [0, 0.1) is 11.3 Å². The van der Waals surface area contributed by atoms with Crippen LogP contribution in [0.15, 0.2) is 0 Å². The molecule has 0 amide bonds. The summed E-state index contributed by atoms with van der Waals surface area (Å²) in [5.41, 5.74) is 0.0722. The molecule has 0 aliphatic carbocycles. The van der Waals surface area contributed by atoms with Gasteiger partial charge in [-0.05, 0) is 32.1 Å². The predicted octanol–water partition coefficient (Wildman–Crippen LogP) is 2.43. The first kappa shape index (κ1) is 16.9. The molecular formula is C14H31NO2. The Labute approximate surface area is 107 Å². The second-order valence-corrected chi connectivity index (χ2v) is 6.85. The van der Waals surface area contributed by atoms with Crippen molar-refractivity contribution < 1.29 is 9.84 Å². The fraction of sp³-hybridized carbons (Fsp3) is 1.00. The molecule has 0 aromatic carbocycles. The molecule has 0 rings (SSSR count). The highest BCUT2D eigenvalue weighted by Crippen LogP contribution is 2.24. The van der Waals surface area contributed by atoms with Gasteiger partial charge in [-0.15, -0.1) is 0 Å². The van der Waals surface area contributed by atoms with Crippen molar-refractivity contribution in [1.29, 1.82) is 0 Å². The van der Waals surface area contributed by atoms with E-state index in [-0.39, 0.29) is 11.0 Å². The zero-order valence-electron chi connectivity index (χ0n) is 12.6. The summed E-state index contributed by atoms with van der Waals surface area (Å²) in [6.07, 6.45) is -0.433. The number of nitrogens with one attached hydrogen (secondary N) is 1. The smallest absolute Gasteiger partial charge is 0.0897 e. The van der Waals surface area contributed by atoms with Crippen LogP contribution in [0.25, 0.3) is 0 Å². The molecule has 0 saturated carbocycles. The summed E-state index contributed by atoms with van der Waals surface area (Å²) >= 11 is 0. The molecule has 17 heavy (non-hydrogen) atoms. The minimum absolute atomic E-state index is 0.182. The quantitative estimate of drug-likeness (QED) is 0.724. The molecule has 0 saturated heterocycles. The van der Waals surface area contributed by atoms with Gasteiger partial charge in [-0.2, -0.15) is 0 Å². The summed E-state index contributed by atoms with van der Waals surface area (Å²) in [7, 11) is 0. The van der Waals surface area contributed by atoms with Gasteiger partial charge in [-0.1, -0.05) is 27.7 Å². The minimum atomic E-state index is -0.433. The molecule has 1 unspecified atom stereocenters. The van der Waals surface area contributed by atoms with Crippen LogP contribution in [0.4, 0.5) is 0 Å². The zero-order valence-corrected chi connectivity index (χ0v) is 12.6. The second kappa shape index (κ2) is 6.72. The van der Waals surface area contributed by atoms with E-state index in [1.165, 1.54) is 0 Å². The lowest BCUT2D eigenvalue weighted by Gasteiger charge is -2.30. The van der Waals surface area contributed by atoms with Gasteiger partial charge < -0.3 is 15.2 Å². The Bertz CT molecular complexity index is 207. The molecule has 0 aliphatic heterocycles. The van der Waals surface area contributed by atoms with Gasteiger partial charge in [-0.25, -0.2) is 0 Å². The van der Waals surface area contributed by atoms with E-state index >= 15 is 0 Å². The maximum Gasteiger partial charge on any atom is 0.0897 e. The van der Waals surface area contributed by atoms with Gasteiger partial charge in [0.05, 0.1) is 18.3 Å². The summed E-state index contributed by atoms with van der Waals surface area (Å²) in [5, 5.41) is 13.1. The van der Waals surface area contributed by atoms with Crippen molar-refractivity contribution in [2.75, 3.05) is 19.7 Å². The van der Waals surface area contributed by atoms with Gasteiger partial charge in [0.25, 0.3) is 0 Å². The number of hydrogen-bond acceptors (Lipinski definition) is 3. The van der Waals surface area contributed by atoms with Crippen LogP contribution in [0.5, 0.6) is 0 Å². The first-order chi connectivity index (χ1) is 7.54. The number of aliphatic hydroxyl groups excluding tert-OH is 1. The van der Waals surface area contributed by atoms with Crippen LogP contribution < -0.4 is 5.32 Å². The fourth-order valence-electron chi connectivity index (χ4n) is 1.17. The average molecular weight is 245 g/mol. The predicted molar refractivity (Wildman–Crippen MR) is 73.2 cm³/mol. The summed E-state index contributed by atoms with van der Waals surface area (Å²) < 4.78 is 5.53. The highest BCUT2D eigenvalue weighted by Gasteiger charge is 2.22. The first-order valence-electron chi connectivity index (χ1n) is 6.57. The van der Waals surface area contributed by atoms with Crippen molar-refractivity contribution in [2.24, 2.45) is 11.3 Å². The van der Waals surface area contributed by atoms with Crippen molar-refractivity contribution in [3.05, 3.63) is 0 Å². The molecule has 0 spiro atoms. The third-order valence-electron chi connectivity index (χ3n) is 3.23. The molecule has 104 valence electrons. The van der Waals surface area contributed by atoms with Gasteiger partial charge >= 0.3 is 0 Å². The summed E-state index contributed by atoms with van der Waals surface area (Å²) in [6.45, 7) is 16.8. The van der Waals surface area contributed by atoms with E-state index < -0.39 is 6.10 Å². The van der Waals surface area contributed by atoms with Crippen LogP contribution >= 0.6 is 0 Å². The SMILES string of the molecule is CC(C)C(C)(C)CNCC(O)COC(C)(C)C. The highest BCUT2D eigenvalue weighted by molar-refractivity contribution is 4.75. The maximum atomic E-state index is 9.76. The standard InChI is InChI=1S/C14H31NO2/c1-11(2)14(6,7)10-15-8-12(16)9-17-13(3,4)5/h11-12,15-16H,8-10H2,1-7H3. The third-order valence-corrected chi connectivity index (χ3v) is 3.23. The van der Waals surface area contributed by atoms with E-state index in [1.54, 1.807) is 0 Å². The monoisotopic (exact) mass is 245 g/mol. The highest BCUT2D eigenvalue weighted by atomic mass is 16.5. The van der Waals surface area contributed by atoms with Crippen molar-refractivity contribution in [3.63, 3.8) is 0 Å². The molecule has 3 heteroatoms. The molecule has 0 aromatic rings. The Balaban J connectivity index is 3.75. The van der Waals surface area contributed by atoms with Crippen molar-refractivity contribution in [1.82, 2.24) is 5.32 Å². The van der Waals surface area contributed by atoms with Gasteiger partial charge in [0.2, 0.25) is 0 Å². The van der Waals surface area contributed by atoms with Gasteiger partial charge in [-0.3, -0.25) is 0 Å². The summed E-state index contributed by atoms with van der Waals surface area (Å²) in [5.74, 6) is 0.623. The Morgan fingerprint density at radius 1 is 1.12 bits per heavy atom. The first-order valence-corrected chi connectivity index (χ1v) is 6.57.